The third kappa shape index (κ3) is 3.52. The van der Waals surface area contributed by atoms with Crippen molar-refractivity contribution < 1.29 is 0 Å². The molecule has 0 aliphatic heterocycles. The quantitative estimate of drug-likeness (QED) is 0.524. The van der Waals surface area contributed by atoms with Gasteiger partial charge >= 0.3 is 0 Å². The van der Waals surface area contributed by atoms with E-state index in [4.69, 9.17) is 18.9 Å². The zero-order valence-electron chi connectivity index (χ0n) is 9.64. The molecule has 2 N–H and O–H groups in total. The second-order valence-electron chi connectivity index (χ2n) is 3.52. The van der Waals surface area contributed by atoms with Gasteiger partial charge in [0.2, 0.25) is 5.69 Å². The SMILES string of the molecule is [C-]#[N+]C1=C(C)C=CC1.[C-]#[N+]c1ccccc1N. The van der Waals surface area contributed by atoms with Gasteiger partial charge in [0.1, 0.15) is 0 Å². The Hall–Kier alpha value is -2.52. The van der Waals surface area contributed by atoms with E-state index >= 15 is 0 Å². The summed E-state index contributed by atoms with van der Waals surface area (Å²) in [5, 5.41) is 0. The lowest BCUT2D eigenvalue weighted by atomic mass is 10.3. The van der Waals surface area contributed by atoms with Crippen molar-refractivity contribution in [3.63, 3.8) is 0 Å². The molecule has 0 bridgehead atoms. The van der Waals surface area contributed by atoms with Crippen molar-refractivity contribution >= 4 is 11.4 Å². The number of rotatable bonds is 0. The summed E-state index contributed by atoms with van der Waals surface area (Å²) in [7, 11) is 0. The molecule has 0 amide bonds. The third-order valence-electron chi connectivity index (χ3n) is 2.33. The highest BCUT2D eigenvalue weighted by atomic mass is 14.7. The number of anilines is 1. The van der Waals surface area contributed by atoms with Gasteiger partial charge in [0, 0.05) is 5.69 Å². The van der Waals surface area contributed by atoms with E-state index < -0.39 is 0 Å². The number of nitrogens with two attached hydrogens (primary N) is 1. The molecule has 0 radical (unpaired) electrons. The van der Waals surface area contributed by atoms with Gasteiger partial charge in [-0.25, -0.2) is 9.69 Å². The third-order valence-corrected chi connectivity index (χ3v) is 2.33. The fraction of sp³-hybridized carbons (Fsp3) is 0.143. The van der Waals surface area contributed by atoms with E-state index in [9.17, 15) is 0 Å². The van der Waals surface area contributed by atoms with Gasteiger partial charge in [-0.15, -0.1) is 0 Å². The average molecular weight is 223 g/mol. The predicted octanol–water partition coefficient (Wildman–Crippen LogP) is 3.96. The summed E-state index contributed by atoms with van der Waals surface area (Å²) >= 11 is 0. The van der Waals surface area contributed by atoms with Crippen LogP contribution < -0.4 is 5.73 Å². The second kappa shape index (κ2) is 6.15. The van der Waals surface area contributed by atoms with Gasteiger partial charge in [0.15, 0.2) is 5.70 Å². The Labute approximate surface area is 102 Å². The van der Waals surface area contributed by atoms with E-state index in [0.29, 0.717) is 11.4 Å². The summed E-state index contributed by atoms with van der Waals surface area (Å²) in [4.78, 5) is 6.53. The topological polar surface area (TPSA) is 34.7 Å². The van der Waals surface area contributed by atoms with Crippen molar-refractivity contribution in [2.75, 3.05) is 5.73 Å². The molecule has 0 unspecified atom stereocenters. The van der Waals surface area contributed by atoms with Crippen LogP contribution in [0.1, 0.15) is 13.3 Å². The minimum absolute atomic E-state index is 0.525. The van der Waals surface area contributed by atoms with E-state index in [1.807, 2.05) is 25.1 Å². The summed E-state index contributed by atoms with van der Waals surface area (Å²) < 4.78 is 0. The first-order valence-corrected chi connectivity index (χ1v) is 5.14. The lowest BCUT2D eigenvalue weighted by Crippen LogP contribution is -1.81. The Kier molecular flexibility index (Phi) is 4.54. The Morgan fingerprint density at radius 2 is 1.88 bits per heavy atom. The number of nitrogen functional groups attached to an aromatic ring is 1. The van der Waals surface area contributed by atoms with Crippen molar-refractivity contribution in [3.05, 3.63) is 70.5 Å². The molecule has 1 aliphatic rings. The van der Waals surface area contributed by atoms with Gasteiger partial charge in [-0.3, -0.25) is 0 Å². The van der Waals surface area contributed by atoms with Gasteiger partial charge in [0.25, 0.3) is 0 Å². The number of hydrogen-bond acceptors (Lipinski definition) is 1. The van der Waals surface area contributed by atoms with E-state index in [0.717, 1.165) is 17.7 Å². The molecule has 1 aromatic carbocycles. The molecule has 17 heavy (non-hydrogen) atoms. The van der Waals surface area contributed by atoms with Crippen LogP contribution in [0.4, 0.5) is 11.4 Å². The fourth-order valence-electron chi connectivity index (χ4n) is 1.33. The number of hydrogen-bond donors (Lipinski definition) is 1. The smallest absolute Gasteiger partial charge is 0.209 e. The minimum atomic E-state index is 0.525. The standard InChI is InChI=1S/C7H6N2.C7H7N/c1-9-7-5-3-2-4-6(7)8;1-6-4-3-5-7(6)8-2/h2-5H,8H2;3-4H,5H2,1H3. The normalized spacial score (nSPS) is 12.4. The maximum absolute atomic E-state index is 6.66. The van der Waals surface area contributed by atoms with Crippen LogP contribution in [0.3, 0.4) is 0 Å². The van der Waals surface area contributed by atoms with E-state index in [1.165, 1.54) is 0 Å². The van der Waals surface area contributed by atoms with Gasteiger partial charge < -0.3 is 5.73 Å². The summed E-state index contributed by atoms with van der Waals surface area (Å²) in [6, 6.07) is 7.02. The summed E-state index contributed by atoms with van der Waals surface area (Å²) in [5.74, 6) is 0. The largest absolute Gasteiger partial charge is 0.407 e. The molecule has 1 aliphatic carbocycles. The Balaban J connectivity index is 0.000000171. The molecule has 0 fully saturated rings. The van der Waals surface area contributed by atoms with Crippen molar-refractivity contribution in [2.45, 2.75) is 13.3 Å². The van der Waals surface area contributed by atoms with Crippen LogP contribution in [-0.2, 0) is 0 Å². The molecule has 1 aromatic rings. The molecular formula is C14H13N3. The van der Waals surface area contributed by atoms with Crippen molar-refractivity contribution in [2.24, 2.45) is 0 Å². The van der Waals surface area contributed by atoms with Crippen LogP contribution in [-0.4, -0.2) is 0 Å². The van der Waals surface area contributed by atoms with E-state index in [2.05, 4.69) is 9.69 Å². The van der Waals surface area contributed by atoms with Gasteiger partial charge in [-0.1, -0.05) is 36.4 Å². The lowest BCUT2D eigenvalue weighted by Gasteiger charge is -1.91. The molecule has 2 rings (SSSR count). The maximum atomic E-state index is 6.66. The zero-order chi connectivity index (χ0) is 12.7. The zero-order valence-corrected chi connectivity index (χ0v) is 9.64. The van der Waals surface area contributed by atoms with Crippen LogP contribution in [0.25, 0.3) is 9.69 Å². The molecule has 3 nitrogen and oxygen atoms in total. The molecular weight excluding hydrogens is 210 g/mol. The highest BCUT2D eigenvalue weighted by Gasteiger charge is 2.02. The maximum Gasteiger partial charge on any atom is 0.209 e. The molecule has 84 valence electrons. The number of nitrogens with zero attached hydrogens (tertiary/aromatic N) is 2. The highest BCUT2D eigenvalue weighted by molar-refractivity contribution is 5.66. The van der Waals surface area contributed by atoms with Gasteiger partial charge in [-0.05, 0) is 18.9 Å². The second-order valence-corrected chi connectivity index (χ2v) is 3.52. The minimum Gasteiger partial charge on any atom is -0.407 e. The summed E-state index contributed by atoms with van der Waals surface area (Å²) in [5.41, 5.74) is 8.51. The first-order valence-electron chi connectivity index (χ1n) is 5.14. The lowest BCUT2D eigenvalue weighted by molar-refractivity contribution is 1.30. The summed E-state index contributed by atoms with van der Waals surface area (Å²) in [6.45, 7) is 15.3. The Morgan fingerprint density at radius 1 is 1.18 bits per heavy atom. The molecule has 0 spiro atoms. The molecule has 0 aromatic heterocycles. The fourth-order valence-corrected chi connectivity index (χ4v) is 1.33. The molecule has 0 heterocycles. The van der Waals surface area contributed by atoms with Crippen molar-refractivity contribution in [1.82, 2.24) is 0 Å². The Bertz CT molecular complexity index is 539. The van der Waals surface area contributed by atoms with Crippen LogP contribution in [0.5, 0.6) is 0 Å². The molecule has 0 saturated heterocycles. The Morgan fingerprint density at radius 3 is 2.24 bits per heavy atom. The van der Waals surface area contributed by atoms with Crippen LogP contribution in [0.15, 0.2) is 47.7 Å². The molecule has 0 saturated carbocycles. The average Bonchev–Trinajstić information content (AvgIpc) is 2.76. The van der Waals surface area contributed by atoms with Crippen LogP contribution in [0, 0.1) is 13.1 Å². The van der Waals surface area contributed by atoms with E-state index in [1.54, 1.807) is 18.2 Å². The van der Waals surface area contributed by atoms with Crippen LogP contribution in [0.2, 0.25) is 0 Å². The highest BCUT2D eigenvalue weighted by Crippen LogP contribution is 2.19. The molecule has 0 atom stereocenters. The predicted molar refractivity (Wildman–Crippen MR) is 70.2 cm³/mol. The van der Waals surface area contributed by atoms with Crippen LogP contribution >= 0.6 is 0 Å². The van der Waals surface area contributed by atoms with E-state index in [-0.39, 0.29) is 0 Å². The van der Waals surface area contributed by atoms with Crippen molar-refractivity contribution in [3.8, 4) is 0 Å². The monoisotopic (exact) mass is 223 g/mol. The van der Waals surface area contributed by atoms with Gasteiger partial charge in [0.05, 0.1) is 13.1 Å². The number of para-hydroxylation sites is 2. The number of benzene rings is 1. The number of allylic oxidation sites excluding steroid dienone is 3. The van der Waals surface area contributed by atoms with Crippen molar-refractivity contribution in [1.29, 1.82) is 0 Å². The van der Waals surface area contributed by atoms with Gasteiger partial charge in [-0.2, -0.15) is 0 Å². The molecule has 3 heteroatoms. The first-order chi connectivity index (χ1) is 8.19. The first kappa shape index (κ1) is 12.5. The summed E-state index contributed by atoms with van der Waals surface area (Å²) in [6.07, 6.45) is 4.85.